The molecular weight excluding hydrogens is 234 g/mol. The van der Waals surface area contributed by atoms with Gasteiger partial charge in [-0.15, -0.1) is 0 Å². The summed E-state index contributed by atoms with van der Waals surface area (Å²) in [6, 6.07) is -0.378. The van der Waals surface area contributed by atoms with Gasteiger partial charge < -0.3 is 9.63 Å². The van der Waals surface area contributed by atoms with Crippen molar-refractivity contribution in [1.29, 1.82) is 0 Å². The van der Waals surface area contributed by atoms with Gasteiger partial charge in [0.15, 0.2) is 5.82 Å². The summed E-state index contributed by atoms with van der Waals surface area (Å²) >= 11 is 0. The maximum absolute atomic E-state index is 11.4. The van der Waals surface area contributed by atoms with Gasteiger partial charge in [-0.05, 0) is 24.7 Å². The molecule has 0 aromatic carbocycles. The molecule has 0 spiro atoms. The van der Waals surface area contributed by atoms with Gasteiger partial charge >= 0.3 is 5.97 Å². The molecule has 1 saturated carbocycles. The number of carboxylic acid groups (broad SMARTS) is 1. The van der Waals surface area contributed by atoms with Gasteiger partial charge in [-0.25, -0.2) is 0 Å². The van der Waals surface area contributed by atoms with E-state index < -0.39 is 5.97 Å². The molecule has 6 nitrogen and oxygen atoms in total. The van der Waals surface area contributed by atoms with Crippen LogP contribution in [0.3, 0.4) is 0 Å². The summed E-state index contributed by atoms with van der Waals surface area (Å²) in [5.41, 5.74) is 0. The molecule has 0 radical (unpaired) electrons. The quantitative estimate of drug-likeness (QED) is 0.865. The number of hydrogen-bond acceptors (Lipinski definition) is 5. The number of aromatic nitrogens is 2. The van der Waals surface area contributed by atoms with Crippen molar-refractivity contribution in [2.24, 2.45) is 11.8 Å². The first-order valence-corrected chi connectivity index (χ1v) is 6.41. The van der Waals surface area contributed by atoms with Crippen LogP contribution in [0.4, 0.5) is 0 Å². The summed E-state index contributed by atoms with van der Waals surface area (Å²) < 4.78 is 4.93. The summed E-state index contributed by atoms with van der Waals surface area (Å²) in [5.74, 6) is 1.22. The standard InChI is InChI=1S/C12H17N3O3/c1-7-13-10(14-18-7)6-15-5-8-3-2-4-9(8)11(15)12(16)17/h8-9,11H,2-6H2,1H3,(H,16,17). The summed E-state index contributed by atoms with van der Waals surface area (Å²) in [7, 11) is 0. The van der Waals surface area contributed by atoms with E-state index in [4.69, 9.17) is 4.52 Å². The zero-order chi connectivity index (χ0) is 12.7. The van der Waals surface area contributed by atoms with Crippen LogP contribution in [-0.4, -0.2) is 38.7 Å². The lowest BCUT2D eigenvalue weighted by molar-refractivity contribution is -0.143. The van der Waals surface area contributed by atoms with Crippen LogP contribution in [0, 0.1) is 18.8 Å². The Hall–Kier alpha value is -1.43. The van der Waals surface area contributed by atoms with E-state index in [9.17, 15) is 9.90 Å². The fourth-order valence-electron chi connectivity index (χ4n) is 3.48. The molecule has 1 saturated heterocycles. The minimum absolute atomic E-state index is 0.301. The Morgan fingerprint density at radius 1 is 1.56 bits per heavy atom. The molecule has 1 aliphatic carbocycles. The Kier molecular flexibility index (Phi) is 2.81. The average Bonchev–Trinajstić information content (AvgIpc) is 2.93. The van der Waals surface area contributed by atoms with Crippen LogP contribution in [-0.2, 0) is 11.3 Å². The first-order chi connectivity index (χ1) is 8.65. The molecule has 1 aliphatic heterocycles. The molecule has 0 amide bonds. The number of carbonyl (C=O) groups is 1. The highest BCUT2D eigenvalue weighted by atomic mass is 16.5. The molecular formula is C12H17N3O3. The Morgan fingerprint density at radius 2 is 2.39 bits per heavy atom. The Labute approximate surface area is 105 Å². The van der Waals surface area contributed by atoms with Crippen LogP contribution < -0.4 is 0 Å². The molecule has 0 bridgehead atoms. The molecule has 2 fully saturated rings. The molecule has 1 aromatic rings. The second-order valence-electron chi connectivity index (χ2n) is 5.30. The SMILES string of the molecule is Cc1nc(CN2CC3CCCC3C2C(=O)O)no1. The predicted octanol–water partition coefficient (Wildman–Crippen LogP) is 1.06. The molecule has 98 valence electrons. The van der Waals surface area contributed by atoms with Crippen molar-refractivity contribution < 1.29 is 14.4 Å². The second-order valence-corrected chi connectivity index (χ2v) is 5.30. The Bertz CT molecular complexity index is 459. The van der Waals surface area contributed by atoms with Crippen molar-refractivity contribution in [2.45, 2.75) is 38.8 Å². The number of aryl methyl sites for hydroxylation is 1. The lowest BCUT2D eigenvalue weighted by Crippen LogP contribution is -2.39. The molecule has 6 heteroatoms. The minimum atomic E-state index is -0.718. The van der Waals surface area contributed by atoms with Gasteiger partial charge in [0.2, 0.25) is 5.89 Å². The van der Waals surface area contributed by atoms with E-state index in [0.29, 0.717) is 30.1 Å². The fourth-order valence-corrected chi connectivity index (χ4v) is 3.48. The summed E-state index contributed by atoms with van der Waals surface area (Å²) in [4.78, 5) is 17.6. The largest absolute Gasteiger partial charge is 0.480 e. The van der Waals surface area contributed by atoms with E-state index in [0.717, 1.165) is 25.8 Å². The van der Waals surface area contributed by atoms with Crippen molar-refractivity contribution in [3.63, 3.8) is 0 Å². The maximum Gasteiger partial charge on any atom is 0.321 e. The molecule has 3 atom stereocenters. The highest BCUT2D eigenvalue weighted by Crippen LogP contribution is 2.42. The van der Waals surface area contributed by atoms with Crippen LogP contribution >= 0.6 is 0 Å². The predicted molar refractivity (Wildman–Crippen MR) is 61.7 cm³/mol. The van der Waals surface area contributed by atoms with Crippen LogP contribution in [0.5, 0.6) is 0 Å². The number of aliphatic carboxylic acids is 1. The van der Waals surface area contributed by atoms with Crippen LogP contribution in [0.2, 0.25) is 0 Å². The molecule has 2 heterocycles. The highest BCUT2D eigenvalue weighted by Gasteiger charge is 2.47. The smallest absolute Gasteiger partial charge is 0.321 e. The maximum atomic E-state index is 11.4. The van der Waals surface area contributed by atoms with E-state index in [1.54, 1.807) is 6.92 Å². The van der Waals surface area contributed by atoms with Crippen LogP contribution in [0.1, 0.15) is 31.0 Å². The number of rotatable bonds is 3. The topological polar surface area (TPSA) is 79.5 Å². The monoisotopic (exact) mass is 251 g/mol. The summed E-state index contributed by atoms with van der Waals surface area (Å²) in [5, 5.41) is 13.3. The number of fused-ring (bicyclic) bond motifs is 1. The van der Waals surface area contributed by atoms with Crippen molar-refractivity contribution in [3.05, 3.63) is 11.7 Å². The molecule has 1 aromatic heterocycles. The van der Waals surface area contributed by atoms with Gasteiger partial charge in [-0.3, -0.25) is 9.69 Å². The number of carboxylic acids is 1. The third-order valence-electron chi connectivity index (χ3n) is 4.15. The van der Waals surface area contributed by atoms with Crippen molar-refractivity contribution in [2.75, 3.05) is 6.54 Å². The lowest BCUT2D eigenvalue weighted by atomic mass is 9.94. The van der Waals surface area contributed by atoms with Gasteiger partial charge in [-0.1, -0.05) is 11.6 Å². The number of nitrogens with zero attached hydrogens (tertiary/aromatic N) is 3. The van der Waals surface area contributed by atoms with Crippen molar-refractivity contribution in [1.82, 2.24) is 15.0 Å². The normalized spacial score (nSPS) is 31.7. The Balaban J connectivity index is 1.77. The van der Waals surface area contributed by atoms with Crippen molar-refractivity contribution >= 4 is 5.97 Å². The molecule has 3 rings (SSSR count). The zero-order valence-electron chi connectivity index (χ0n) is 10.4. The van der Waals surface area contributed by atoms with Gasteiger partial charge in [0.1, 0.15) is 6.04 Å². The van der Waals surface area contributed by atoms with Gasteiger partial charge in [-0.2, -0.15) is 4.98 Å². The molecule has 18 heavy (non-hydrogen) atoms. The zero-order valence-corrected chi connectivity index (χ0v) is 10.4. The van der Waals surface area contributed by atoms with E-state index in [2.05, 4.69) is 10.1 Å². The van der Waals surface area contributed by atoms with Gasteiger partial charge in [0.05, 0.1) is 6.54 Å². The van der Waals surface area contributed by atoms with E-state index in [1.807, 2.05) is 4.90 Å². The van der Waals surface area contributed by atoms with E-state index in [1.165, 1.54) is 0 Å². The summed E-state index contributed by atoms with van der Waals surface area (Å²) in [6.07, 6.45) is 3.34. The van der Waals surface area contributed by atoms with E-state index in [-0.39, 0.29) is 6.04 Å². The van der Waals surface area contributed by atoms with Crippen LogP contribution in [0.15, 0.2) is 4.52 Å². The molecule has 3 unspecified atom stereocenters. The first kappa shape index (κ1) is 11.6. The number of likely N-dealkylation sites (tertiary alicyclic amines) is 1. The van der Waals surface area contributed by atoms with Crippen molar-refractivity contribution in [3.8, 4) is 0 Å². The number of hydrogen-bond donors (Lipinski definition) is 1. The van der Waals surface area contributed by atoms with Gasteiger partial charge in [0.25, 0.3) is 0 Å². The lowest BCUT2D eigenvalue weighted by Gasteiger charge is -2.22. The Morgan fingerprint density at radius 3 is 3.06 bits per heavy atom. The fraction of sp³-hybridized carbons (Fsp3) is 0.750. The third kappa shape index (κ3) is 1.90. The van der Waals surface area contributed by atoms with E-state index >= 15 is 0 Å². The highest BCUT2D eigenvalue weighted by molar-refractivity contribution is 5.74. The first-order valence-electron chi connectivity index (χ1n) is 6.41. The minimum Gasteiger partial charge on any atom is -0.480 e. The molecule has 2 aliphatic rings. The summed E-state index contributed by atoms with van der Waals surface area (Å²) in [6.45, 7) is 3.06. The average molecular weight is 251 g/mol. The molecule has 1 N–H and O–H groups in total. The van der Waals surface area contributed by atoms with Crippen LogP contribution in [0.25, 0.3) is 0 Å². The van der Waals surface area contributed by atoms with Gasteiger partial charge in [0, 0.05) is 13.5 Å². The third-order valence-corrected chi connectivity index (χ3v) is 4.15. The second kappa shape index (κ2) is 4.35.